The molecule has 0 aromatic heterocycles. The molecule has 0 saturated heterocycles. The molecule has 294 valence electrons. The first-order chi connectivity index (χ1) is 31.2. The van der Waals surface area contributed by atoms with Crippen LogP contribution in [0.2, 0.25) is 0 Å². The Morgan fingerprint density at radius 1 is 0.333 bits per heavy atom. The third kappa shape index (κ3) is 6.05. The van der Waals surface area contributed by atoms with Gasteiger partial charge in [0.05, 0.1) is 28.7 Å². The zero-order valence-corrected chi connectivity index (χ0v) is 34.2. The Labute approximate surface area is 367 Å². The third-order valence-electron chi connectivity index (χ3n) is 12.5. The van der Waals surface area contributed by atoms with Crippen molar-refractivity contribution >= 4 is 55.7 Å². The Balaban J connectivity index is 1.24. The fourth-order valence-corrected chi connectivity index (χ4v) is 9.88. The highest BCUT2D eigenvalue weighted by molar-refractivity contribution is 6.20. The Hall–Kier alpha value is -8.70. The molecule has 0 N–H and O–H groups in total. The summed E-state index contributed by atoms with van der Waals surface area (Å²) in [6.45, 7) is 0. The highest BCUT2D eigenvalue weighted by atomic mass is 15.1. The number of fused-ring (bicyclic) bond motifs is 8. The van der Waals surface area contributed by atoms with Crippen molar-refractivity contribution in [1.82, 2.24) is 0 Å². The average molecular weight is 803 g/mol. The van der Waals surface area contributed by atoms with Crippen molar-refractivity contribution in [2.45, 2.75) is 5.41 Å². The molecular formula is C59H38N4. The Kier molecular flexibility index (Phi) is 9.12. The smallest absolute Gasteiger partial charge is 0.0991 e. The van der Waals surface area contributed by atoms with Gasteiger partial charge in [0.25, 0.3) is 0 Å². The fourth-order valence-electron chi connectivity index (χ4n) is 9.88. The minimum absolute atomic E-state index is 0.619. The van der Waals surface area contributed by atoms with Crippen LogP contribution >= 0.6 is 0 Å². The van der Waals surface area contributed by atoms with E-state index < -0.39 is 5.41 Å². The predicted octanol–water partition coefficient (Wildman–Crippen LogP) is 15.0. The zero-order valence-electron chi connectivity index (χ0n) is 34.2. The summed E-state index contributed by atoms with van der Waals surface area (Å²) >= 11 is 0. The SMILES string of the molecule is N#Cc1ccc(N(c2ccccc2)c2ccc3c(c2)C(c2ccccc2)(c2ccccc2)c2c-3c3ccccc3c3cc(N(c4ccccc4)c4ccc(C#N)cc4)ccc23)cc1. The average Bonchev–Trinajstić information content (AvgIpc) is 3.67. The van der Waals surface area contributed by atoms with Crippen molar-refractivity contribution in [3.63, 3.8) is 0 Å². The highest BCUT2D eigenvalue weighted by Gasteiger charge is 2.48. The Morgan fingerprint density at radius 3 is 1.25 bits per heavy atom. The normalized spacial score (nSPS) is 12.2. The van der Waals surface area contributed by atoms with E-state index in [1.54, 1.807) is 0 Å². The van der Waals surface area contributed by atoms with Crippen molar-refractivity contribution in [2.24, 2.45) is 0 Å². The van der Waals surface area contributed by atoms with Crippen LogP contribution < -0.4 is 9.80 Å². The number of hydrogen-bond donors (Lipinski definition) is 0. The topological polar surface area (TPSA) is 54.1 Å². The number of hydrogen-bond acceptors (Lipinski definition) is 4. The molecule has 1 aliphatic rings. The molecule has 0 amide bonds. The van der Waals surface area contributed by atoms with Crippen molar-refractivity contribution in [3.05, 3.63) is 264 Å². The van der Waals surface area contributed by atoms with Gasteiger partial charge in [-0.3, -0.25) is 0 Å². The number of benzene rings is 10. The fraction of sp³-hybridized carbons (Fsp3) is 0.0169. The maximum atomic E-state index is 9.71. The van der Waals surface area contributed by atoms with Gasteiger partial charge < -0.3 is 9.80 Å². The second-order valence-corrected chi connectivity index (χ2v) is 15.9. The van der Waals surface area contributed by atoms with Gasteiger partial charge in [-0.1, -0.05) is 133 Å². The molecule has 0 aliphatic heterocycles. The summed E-state index contributed by atoms with van der Waals surface area (Å²) in [7, 11) is 0. The molecule has 10 aromatic carbocycles. The molecule has 0 atom stereocenters. The summed E-state index contributed by atoms with van der Waals surface area (Å²) in [6.07, 6.45) is 0. The highest BCUT2D eigenvalue weighted by Crippen LogP contribution is 2.61. The molecule has 10 aromatic rings. The van der Waals surface area contributed by atoms with Gasteiger partial charge in [-0.25, -0.2) is 0 Å². The van der Waals surface area contributed by atoms with Crippen LogP contribution in [0.5, 0.6) is 0 Å². The van der Waals surface area contributed by atoms with E-state index >= 15 is 0 Å². The van der Waals surface area contributed by atoms with Gasteiger partial charge in [-0.15, -0.1) is 0 Å². The zero-order chi connectivity index (χ0) is 42.3. The lowest BCUT2D eigenvalue weighted by molar-refractivity contribution is 0.776. The molecule has 11 rings (SSSR count). The second kappa shape index (κ2) is 15.4. The first-order valence-electron chi connectivity index (χ1n) is 21.1. The lowest BCUT2D eigenvalue weighted by atomic mass is 9.66. The summed E-state index contributed by atoms with van der Waals surface area (Å²) in [6, 6.07) is 85.8. The quantitative estimate of drug-likeness (QED) is 0.144. The first kappa shape index (κ1) is 37.3. The molecule has 0 spiro atoms. The second-order valence-electron chi connectivity index (χ2n) is 15.9. The van der Waals surface area contributed by atoms with Crippen molar-refractivity contribution in [1.29, 1.82) is 10.5 Å². The van der Waals surface area contributed by atoms with E-state index in [2.05, 4.69) is 192 Å². The summed E-state index contributed by atoms with van der Waals surface area (Å²) in [5.74, 6) is 0. The molecule has 0 saturated carbocycles. The minimum Gasteiger partial charge on any atom is -0.310 e. The lowest BCUT2D eigenvalue weighted by Crippen LogP contribution is -2.29. The van der Waals surface area contributed by atoms with Crippen LogP contribution in [0.1, 0.15) is 33.4 Å². The van der Waals surface area contributed by atoms with E-state index in [4.69, 9.17) is 0 Å². The lowest BCUT2D eigenvalue weighted by Gasteiger charge is -2.36. The van der Waals surface area contributed by atoms with Crippen LogP contribution in [0.15, 0.2) is 231 Å². The van der Waals surface area contributed by atoms with Crippen LogP contribution in [-0.4, -0.2) is 0 Å². The van der Waals surface area contributed by atoms with E-state index in [0.717, 1.165) is 39.5 Å². The molecule has 0 unspecified atom stereocenters. The number of rotatable bonds is 8. The Bertz CT molecular complexity index is 3350. The molecule has 0 heterocycles. The van der Waals surface area contributed by atoms with E-state index in [-0.39, 0.29) is 0 Å². The number of nitrogens with zero attached hydrogens (tertiary/aromatic N) is 4. The summed E-state index contributed by atoms with van der Waals surface area (Å²) in [5.41, 5.74) is 13.8. The molecule has 4 nitrogen and oxygen atoms in total. The van der Waals surface area contributed by atoms with Crippen molar-refractivity contribution in [2.75, 3.05) is 9.80 Å². The molecule has 63 heavy (non-hydrogen) atoms. The minimum atomic E-state index is -0.716. The van der Waals surface area contributed by atoms with Gasteiger partial charge >= 0.3 is 0 Å². The number of para-hydroxylation sites is 2. The van der Waals surface area contributed by atoms with Crippen molar-refractivity contribution < 1.29 is 0 Å². The maximum Gasteiger partial charge on any atom is 0.0991 e. The standard InChI is InChI=1S/C59H38N4/c60-39-41-25-29-47(30-26-41)62(45-19-9-3-10-20-45)49-33-35-53-55(37-49)51-23-13-14-24-52(51)57-54-36-34-50(63(46-21-11-4-12-22-46)48-31-27-42(40-61)28-32-48)38-56(54)59(58(53)57,43-15-5-1-6-16-43)44-17-7-2-8-18-44/h1-38H. The van der Waals surface area contributed by atoms with Crippen LogP contribution in [-0.2, 0) is 5.41 Å². The molecule has 0 radical (unpaired) electrons. The van der Waals surface area contributed by atoms with Crippen LogP contribution in [0, 0.1) is 22.7 Å². The van der Waals surface area contributed by atoms with Gasteiger partial charge in [0.1, 0.15) is 0 Å². The van der Waals surface area contributed by atoms with Crippen molar-refractivity contribution in [3.8, 4) is 23.3 Å². The van der Waals surface area contributed by atoms with Gasteiger partial charge in [0.15, 0.2) is 0 Å². The molecule has 4 heteroatoms. The summed E-state index contributed by atoms with van der Waals surface area (Å²) < 4.78 is 0. The number of nitriles is 2. The van der Waals surface area contributed by atoms with Crippen LogP contribution in [0.25, 0.3) is 32.7 Å². The van der Waals surface area contributed by atoms with E-state index in [1.807, 2.05) is 60.7 Å². The Morgan fingerprint density at radius 2 is 0.746 bits per heavy atom. The molecule has 1 aliphatic carbocycles. The van der Waals surface area contributed by atoms with E-state index in [1.165, 1.54) is 49.5 Å². The molecule has 0 fully saturated rings. The third-order valence-corrected chi connectivity index (χ3v) is 12.5. The van der Waals surface area contributed by atoms with Gasteiger partial charge in [0.2, 0.25) is 0 Å². The van der Waals surface area contributed by atoms with E-state index in [0.29, 0.717) is 11.1 Å². The van der Waals surface area contributed by atoms with Gasteiger partial charge in [0, 0.05) is 34.1 Å². The monoisotopic (exact) mass is 802 g/mol. The molecule has 0 bridgehead atoms. The van der Waals surface area contributed by atoms with Crippen LogP contribution in [0.3, 0.4) is 0 Å². The summed E-state index contributed by atoms with van der Waals surface area (Å²) in [4.78, 5) is 4.56. The van der Waals surface area contributed by atoms with E-state index in [9.17, 15) is 10.5 Å². The summed E-state index contributed by atoms with van der Waals surface area (Å²) in [5, 5.41) is 24.1. The predicted molar refractivity (Wildman–Crippen MR) is 258 cm³/mol. The first-order valence-corrected chi connectivity index (χ1v) is 21.1. The number of anilines is 6. The van der Waals surface area contributed by atoms with Gasteiger partial charge in [-0.2, -0.15) is 10.5 Å². The maximum absolute atomic E-state index is 9.71. The van der Waals surface area contributed by atoms with Crippen LogP contribution in [0.4, 0.5) is 34.1 Å². The molecular weight excluding hydrogens is 765 g/mol. The largest absolute Gasteiger partial charge is 0.310 e. The van der Waals surface area contributed by atoms with Gasteiger partial charge in [-0.05, 0) is 152 Å².